The van der Waals surface area contributed by atoms with E-state index in [0.29, 0.717) is 12.6 Å². The van der Waals surface area contributed by atoms with Gasteiger partial charge in [0.15, 0.2) is 0 Å². The van der Waals surface area contributed by atoms with Crippen LogP contribution in [0.4, 0.5) is 0 Å². The summed E-state index contributed by atoms with van der Waals surface area (Å²) >= 11 is 0. The predicted molar refractivity (Wildman–Crippen MR) is 60.3 cm³/mol. The van der Waals surface area contributed by atoms with E-state index in [0.717, 1.165) is 6.54 Å². The third kappa shape index (κ3) is 4.09. The van der Waals surface area contributed by atoms with Gasteiger partial charge in [-0.15, -0.1) is 0 Å². The Bertz CT molecular complexity index is 178. The first-order valence-corrected chi connectivity index (χ1v) is 5.39. The fourth-order valence-electron chi connectivity index (χ4n) is 1.23. The summed E-state index contributed by atoms with van der Waals surface area (Å²) in [5, 5.41) is 0. The summed E-state index contributed by atoms with van der Waals surface area (Å²) in [7, 11) is 1.86. The molecule has 0 atom stereocenters. The number of carbonyl (C=O) groups excluding carboxylic acids is 1. The third-order valence-electron chi connectivity index (χ3n) is 2.64. The minimum atomic E-state index is 0.204. The second-order valence-corrected chi connectivity index (χ2v) is 4.26. The van der Waals surface area contributed by atoms with E-state index in [9.17, 15) is 4.79 Å². The zero-order valence-corrected chi connectivity index (χ0v) is 10.4. The highest BCUT2D eigenvalue weighted by molar-refractivity contribution is 5.78. The first-order chi connectivity index (χ1) is 6.40. The first kappa shape index (κ1) is 13.4. The molecule has 0 saturated carbocycles. The van der Waals surface area contributed by atoms with Crippen molar-refractivity contribution in [3.8, 4) is 0 Å². The molecule has 0 aromatic heterocycles. The van der Waals surface area contributed by atoms with Crippen LogP contribution in [-0.4, -0.2) is 47.9 Å². The van der Waals surface area contributed by atoms with Crippen molar-refractivity contribution >= 4 is 5.91 Å². The molecule has 0 N–H and O–H groups in total. The van der Waals surface area contributed by atoms with Gasteiger partial charge < -0.3 is 4.90 Å². The van der Waals surface area contributed by atoms with Crippen molar-refractivity contribution in [1.29, 1.82) is 0 Å². The van der Waals surface area contributed by atoms with Gasteiger partial charge in [-0.2, -0.15) is 0 Å². The molecule has 0 fully saturated rings. The topological polar surface area (TPSA) is 23.6 Å². The smallest absolute Gasteiger partial charge is 0.236 e. The van der Waals surface area contributed by atoms with Crippen LogP contribution < -0.4 is 0 Å². The van der Waals surface area contributed by atoms with E-state index in [4.69, 9.17) is 0 Å². The van der Waals surface area contributed by atoms with Crippen LogP contribution in [0.5, 0.6) is 0 Å². The maximum Gasteiger partial charge on any atom is 0.236 e. The molecule has 84 valence electrons. The number of hydrogen-bond donors (Lipinski definition) is 0. The van der Waals surface area contributed by atoms with Crippen LogP contribution in [-0.2, 0) is 4.79 Å². The molecule has 14 heavy (non-hydrogen) atoms. The summed E-state index contributed by atoms with van der Waals surface area (Å²) in [6.45, 7) is 11.8. The summed E-state index contributed by atoms with van der Waals surface area (Å²) in [6, 6.07) is 0.720. The summed E-state index contributed by atoms with van der Waals surface area (Å²) in [6.07, 6.45) is 0. The van der Waals surface area contributed by atoms with Crippen LogP contribution in [0.2, 0.25) is 0 Å². The number of likely N-dealkylation sites (N-methyl/N-ethyl adjacent to an activating group) is 2. The molecule has 0 aromatic rings. The molecular formula is C11H24N2O. The van der Waals surface area contributed by atoms with Crippen molar-refractivity contribution in [2.45, 2.75) is 46.7 Å². The van der Waals surface area contributed by atoms with Crippen molar-refractivity contribution in [1.82, 2.24) is 9.80 Å². The summed E-state index contributed by atoms with van der Waals surface area (Å²) in [4.78, 5) is 15.7. The molecule has 0 aliphatic heterocycles. The molecule has 0 spiro atoms. The molecule has 0 radical (unpaired) electrons. The molecule has 1 amide bonds. The Kier molecular flexibility index (Phi) is 5.77. The molecule has 0 bridgehead atoms. The van der Waals surface area contributed by atoms with Gasteiger partial charge in [0, 0.05) is 19.1 Å². The molecule has 0 rings (SSSR count). The number of rotatable bonds is 5. The lowest BCUT2D eigenvalue weighted by molar-refractivity contribution is -0.133. The molecule has 0 aliphatic rings. The van der Waals surface area contributed by atoms with Crippen LogP contribution in [0.1, 0.15) is 34.6 Å². The van der Waals surface area contributed by atoms with Gasteiger partial charge in [-0.25, -0.2) is 0 Å². The Balaban J connectivity index is 4.15. The van der Waals surface area contributed by atoms with Crippen molar-refractivity contribution in [2.24, 2.45) is 0 Å². The fraction of sp³-hybridized carbons (Fsp3) is 0.909. The second kappa shape index (κ2) is 6.02. The van der Waals surface area contributed by atoms with Crippen LogP contribution in [0, 0.1) is 0 Å². The van der Waals surface area contributed by atoms with Crippen molar-refractivity contribution in [3.63, 3.8) is 0 Å². The third-order valence-corrected chi connectivity index (χ3v) is 2.64. The number of carbonyl (C=O) groups is 1. The van der Waals surface area contributed by atoms with Crippen LogP contribution in [0.3, 0.4) is 0 Å². The van der Waals surface area contributed by atoms with E-state index in [1.54, 1.807) is 4.90 Å². The van der Waals surface area contributed by atoms with Crippen LogP contribution in [0.15, 0.2) is 0 Å². The first-order valence-electron chi connectivity index (χ1n) is 5.39. The van der Waals surface area contributed by atoms with Gasteiger partial charge in [0.05, 0.1) is 6.54 Å². The summed E-state index contributed by atoms with van der Waals surface area (Å²) in [5.41, 5.74) is 0. The average molecular weight is 200 g/mol. The van der Waals surface area contributed by atoms with Gasteiger partial charge in [-0.1, -0.05) is 6.92 Å². The van der Waals surface area contributed by atoms with Gasteiger partial charge in [-0.05, 0) is 34.2 Å². The molecule has 0 saturated heterocycles. The highest BCUT2D eigenvalue weighted by Gasteiger charge is 2.16. The maximum atomic E-state index is 11.7. The van der Waals surface area contributed by atoms with E-state index in [1.807, 2.05) is 20.9 Å². The SMILES string of the molecule is CCN(CC(=O)N(C)C(C)C)C(C)C. The minimum absolute atomic E-state index is 0.204. The minimum Gasteiger partial charge on any atom is -0.342 e. The number of amides is 1. The number of hydrogen-bond acceptors (Lipinski definition) is 2. The molecule has 3 nitrogen and oxygen atoms in total. The van der Waals surface area contributed by atoms with Crippen LogP contribution >= 0.6 is 0 Å². The predicted octanol–water partition coefficient (Wildman–Crippen LogP) is 1.58. The average Bonchev–Trinajstić information content (AvgIpc) is 2.11. The van der Waals surface area contributed by atoms with E-state index >= 15 is 0 Å². The molecule has 0 heterocycles. The van der Waals surface area contributed by atoms with Crippen molar-refractivity contribution in [2.75, 3.05) is 20.1 Å². The standard InChI is InChI=1S/C11H24N2O/c1-7-13(10(4)5)8-11(14)12(6)9(2)3/h9-10H,7-8H2,1-6H3. The zero-order valence-electron chi connectivity index (χ0n) is 10.4. The van der Waals surface area contributed by atoms with Gasteiger partial charge in [0.1, 0.15) is 0 Å². The van der Waals surface area contributed by atoms with Gasteiger partial charge in [0.2, 0.25) is 5.91 Å². The van der Waals surface area contributed by atoms with Gasteiger partial charge >= 0.3 is 0 Å². The largest absolute Gasteiger partial charge is 0.342 e. The van der Waals surface area contributed by atoms with Gasteiger partial charge in [0.25, 0.3) is 0 Å². The Labute approximate surface area is 88.1 Å². The van der Waals surface area contributed by atoms with E-state index in [2.05, 4.69) is 25.7 Å². The Morgan fingerprint density at radius 3 is 1.93 bits per heavy atom. The zero-order chi connectivity index (χ0) is 11.3. The molecule has 0 aliphatic carbocycles. The van der Waals surface area contributed by atoms with Gasteiger partial charge in [-0.3, -0.25) is 9.69 Å². The molecule has 0 aromatic carbocycles. The normalized spacial score (nSPS) is 11.5. The highest BCUT2D eigenvalue weighted by Crippen LogP contribution is 2.01. The molecule has 3 heteroatoms. The summed E-state index contributed by atoms with van der Waals surface area (Å²) < 4.78 is 0. The molecular weight excluding hydrogens is 176 g/mol. The second-order valence-electron chi connectivity index (χ2n) is 4.26. The van der Waals surface area contributed by atoms with Crippen molar-refractivity contribution in [3.05, 3.63) is 0 Å². The lowest BCUT2D eigenvalue weighted by Gasteiger charge is -2.28. The van der Waals surface area contributed by atoms with E-state index in [-0.39, 0.29) is 11.9 Å². The highest BCUT2D eigenvalue weighted by atomic mass is 16.2. The Morgan fingerprint density at radius 2 is 1.64 bits per heavy atom. The lowest BCUT2D eigenvalue weighted by atomic mass is 10.3. The summed E-state index contributed by atoms with van der Waals surface area (Å²) in [5.74, 6) is 0.204. The fourth-order valence-corrected chi connectivity index (χ4v) is 1.23. The quantitative estimate of drug-likeness (QED) is 0.673. The monoisotopic (exact) mass is 200 g/mol. The van der Waals surface area contributed by atoms with E-state index in [1.165, 1.54) is 0 Å². The number of nitrogens with zero attached hydrogens (tertiary/aromatic N) is 2. The van der Waals surface area contributed by atoms with Crippen LogP contribution in [0.25, 0.3) is 0 Å². The van der Waals surface area contributed by atoms with E-state index < -0.39 is 0 Å². The Morgan fingerprint density at radius 1 is 1.14 bits per heavy atom. The molecule has 0 unspecified atom stereocenters. The Hall–Kier alpha value is -0.570. The lowest BCUT2D eigenvalue weighted by Crippen LogP contribution is -2.43. The maximum absolute atomic E-state index is 11.7. The van der Waals surface area contributed by atoms with Crippen molar-refractivity contribution < 1.29 is 4.79 Å².